The van der Waals surface area contributed by atoms with Crippen LogP contribution >= 0.6 is 0 Å². The molecule has 2 N–H and O–H groups in total. The van der Waals surface area contributed by atoms with Crippen LogP contribution in [0.2, 0.25) is 0 Å². The lowest BCUT2D eigenvalue weighted by atomic mass is 10.0. The molecule has 1 fully saturated rings. The second kappa shape index (κ2) is 2.79. The molecule has 0 aliphatic carbocycles. The number of aliphatic hydroxyl groups is 1. The van der Waals surface area contributed by atoms with E-state index in [1.165, 1.54) is 6.92 Å². The van der Waals surface area contributed by atoms with Crippen LogP contribution in [0.1, 0.15) is 13.3 Å². The first-order chi connectivity index (χ1) is 5.02. The molecule has 1 aliphatic rings. The van der Waals surface area contributed by atoms with Crippen molar-refractivity contribution in [3.05, 3.63) is 0 Å². The van der Waals surface area contributed by atoms with Gasteiger partial charge in [0.2, 0.25) is 0 Å². The van der Waals surface area contributed by atoms with Gasteiger partial charge in [0.1, 0.15) is 0 Å². The molecule has 4 nitrogen and oxygen atoms in total. The van der Waals surface area contributed by atoms with E-state index in [1.807, 2.05) is 4.90 Å². The molecule has 0 unspecified atom stereocenters. The predicted molar refractivity (Wildman–Crippen MR) is 39.3 cm³/mol. The maximum atomic E-state index is 10.4. The molecule has 0 radical (unpaired) electrons. The van der Waals surface area contributed by atoms with Gasteiger partial charge in [-0.05, 0) is 26.4 Å². The van der Waals surface area contributed by atoms with Crippen molar-refractivity contribution in [1.29, 1.82) is 0 Å². The number of β-amino-alcohol motifs (C(OH)–C–C–N with tert-alkyl or cyclic N) is 1. The van der Waals surface area contributed by atoms with Crippen molar-refractivity contribution in [3.63, 3.8) is 0 Å². The fourth-order valence-corrected chi connectivity index (χ4v) is 1.04. The van der Waals surface area contributed by atoms with Crippen molar-refractivity contribution in [2.75, 3.05) is 19.6 Å². The zero-order chi connectivity index (χ0) is 8.48. The van der Waals surface area contributed by atoms with Crippen LogP contribution in [0.15, 0.2) is 0 Å². The minimum absolute atomic E-state index is 0.238. The number of carbonyl (C=O) groups is 1. The summed E-state index contributed by atoms with van der Waals surface area (Å²) in [5.41, 5.74) is -1.58. The highest BCUT2D eigenvalue weighted by Gasteiger charge is 2.33. The molecule has 11 heavy (non-hydrogen) atoms. The van der Waals surface area contributed by atoms with Crippen LogP contribution in [0.5, 0.6) is 0 Å². The summed E-state index contributed by atoms with van der Waals surface area (Å²) in [7, 11) is 0. The van der Waals surface area contributed by atoms with E-state index in [0.717, 1.165) is 19.5 Å². The van der Waals surface area contributed by atoms with Crippen molar-refractivity contribution < 1.29 is 15.0 Å². The van der Waals surface area contributed by atoms with E-state index < -0.39 is 11.6 Å². The molecule has 64 valence electrons. The van der Waals surface area contributed by atoms with E-state index in [1.54, 1.807) is 0 Å². The summed E-state index contributed by atoms with van der Waals surface area (Å²) >= 11 is 0. The van der Waals surface area contributed by atoms with Gasteiger partial charge in [-0.25, -0.2) is 4.79 Å². The van der Waals surface area contributed by atoms with Crippen LogP contribution in [0.25, 0.3) is 0 Å². The Morgan fingerprint density at radius 3 is 2.45 bits per heavy atom. The number of likely N-dealkylation sites (tertiary alicyclic amines) is 1. The number of hydrogen-bond donors (Lipinski definition) is 2. The Bertz CT molecular complexity index is 163. The Morgan fingerprint density at radius 1 is 1.64 bits per heavy atom. The van der Waals surface area contributed by atoms with Crippen molar-refractivity contribution in [3.8, 4) is 0 Å². The topological polar surface area (TPSA) is 60.8 Å². The highest BCUT2D eigenvalue weighted by atomic mass is 16.4. The zero-order valence-electron chi connectivity index (χ0n) is 6.58. The fraction of sp³-hybridized carbons (Fsp3) is 0.857. The van der Waals surface area contributed by atoms with Gasteiger partial charge in [-0.1, -0.05) is 0 Å². The molecule has 0 spiro atoms. The second-order valence-electron chi connectivity index (χ2n) is 3.21. The standard InChI is InChI=1S/C7H13NO3/c1-7(11,6(9)10)5-8-3-2-4-8/h11H,2-5H2,1H3,(H,9,10)/t7-/m0/s1. The summed E-state index contributed by atoms with van der Waals surface area (Å²) in [6.07, 6.45) is 1.11. The molecule has 1 rings (SSSR count). The molecule has 4 heteroatoms. The van der Waals surface area contributed by atoms with Gasteiger partial charge in [-0.15, -0.1) is 0 Å². The van der Waals surface area contributed by atoms with Crippen LogP contribution < -0.4 is 0 Å². The van der Waals surface area contributed by atoms with E-state index in [2.05, 4.69) is 0 Å². The number of aliphatic carboxylic acids is 1. The van der Waals surface area contributed by atoms with Gasteiger partial charge >= 0.3 is 5.97 Å². The average molecular weight is 159 g/mol. The normalized spacial score (nSPS) is 23.8. The highest BCUT2D eigenvalue weighted by Crippen LogP contribution is 2.12. The molecule has 0 saturated carbocycles. The molecular formula is C7H13NO3. The first-order valence-electron chi connectivity index (χ1n) is 3.70. The Labute approximate surface area is 65.4 Å². The van der Waals surface area contributed by atoms with Gasteiger partial charge in [-0.3, -0.25) is 4.90 Å². The monoisotopic (exact) mass is 159 g/mol. The summed E-state index contributed by atoms with van der Waals surface area (Å²) in [4.78, 5) is 12.3. The Balaban J connectivity index is 2.38. The Hall–Kier alpha value is -0.610. The van der Waals surface area contributed by atoms with Crippen LogP contribution in [0.3, 0.4) is 0 Å². The molecule has 1 aliphatic heterocycles. The van der Waals surface area contributed by atoms with Gasteiger partial charge in [0.15, 0.2) is 5.60 Å². The molecule has 0 aromatic carbocycles. The molecule has 0 amide bonds. The predicted octanol–water partition coefficient (Wildman–Crippen LogP) is -0.472. The lowest BCUT2D eigenvalue weighted by Gasteiger charge is -2.34. The maximum Gasteiger partial charge on any atom is 0.336 e. The first-order valence-corrected chi connectivity index (χ1v) is 3.70. The summed E-state index contributed by atoms with van der Waals surface area (Å²) in [6, 6.07) is 0. The van der Waals surface area contributed by atoms with Crippen molar-refractivity contribution in [2.45, 2.75) is 18.9 Å². The van der Waals surface area contributed by atoms with Gasteiger partial charge in [0, 0.05) is 6.54 Å². The Kier molecular flexibility index (Phi) is 2.15. The number of carboxylic acids is 1. The average Bonchev–Trinajstić information content (AvgIpc) is 1.79. The number of hydrogen-bond acceptors (Lipinski definition) is 3. The van der Waals surface area contributed by atoms with Gasteiger partial charge in [0.05, 0.1) is 0 Å². The fourth-order valence-electron chi connectivity index (χ4n) is 1.04. The molecule has 0 aromatic rings. The number of nitrogens with zero attached hydrogens (tertiary/aromatic N) is 1. The SMILES string of the molecule is C[C@](O)(CN1CCC1)C(=O)O. The van der Waals surface area contributed by atoms with E-state index in [-0.39, 0.29) is 6.54 Å². The van der Waals surface area contributed by atoms with Crippen LogP contribution in [-0.2, 0) is 4.79 Å². The van der Waals surface area contributed by atoms with Gasteiger partial charge in [-0.2, -0.15) is 0 Å². The summed E-state index contributed by atoms with van der Waals surface area (Å²) in [5, 5.41) is 17.8. The van der Waals surface area contributed by atoms with E-state index in [4.69, 9.17) is 5.11 Å². The van der Waals surface area contributed by atoms with Crippen molar-refractivity contribution >= 4 is 5.97 Å². The minimum atomic E-state index is -1.58. The van der Waals surface area contributed by atoms with Crippen molar-refractivity contribution in [2.24, 2.45) is 0 Å². The smallest absolute Gasteiger partial charge is 0.336 e. The summed E-state index contributed by atoms with van der Waals surface area (Å²) in [6.45, 7) is 3.38. The molecule has 1 heterocycles. The molecule has 0 bridgehead atoms. The number of carboxylic acid groups (broad SMARTS) is 1. The lowest BCUT2D eigenvalue weighted by molar-refractivity contribution is -0.159. The molecule has 0 aromatic heterocycles. The van der Waals surface area contributed by atoms with Gasteiger partial charge < -0.3 is 10.2 Å². The van der Waals surface area contributed by atoms with Crippen molar-refractivity contribution in [1.82, 2.24) is 4.90 Å². The quantitative estimate of drug-likeness (QED) is 0.584. The van der Waals surface area contributed by atoms with E-state index in [0.29, 0.717) is 0 Å². The molecule has 1 saturated heterocycles. The molecular weight excluding hydrogens is 146 g/mol. The first kappa shape index (κ1) is 8.49. The third-order valence-electron chi connectivity index (χ3n) is 1.94. The summed E-state index contributed by atoms with van der Waals surface area (Å²) in [5.74, 6) is -1.15. The highest BCUT2D eigenvalue weighted by molar-refractivity contribution is 5.76. The zero-order valence-corrected chi connectivity index (χ0v) is 6.58. The Morgan fingerprint density at radius 2 is 2.18 bits per heavy atom. The molecule has 1 atom stereocenters. The number of rotatable bonds is 3. The van der Waals surface area contributed by atoms with Gasteiger partial charge in [0.25, 0.3) is 0 Å². The minimum Gasteiger partial charge on any atom is -0.479 e. The third-order valence-corrected chi connectivity index (χ3v) is 1.94. The van der Waals surface area contributed by atoms with E-state index in [9.17, 15) is 9.90 Å². The second-order valence-corrected chi connectivity index (χ2v) is 3.21. The summed E-state index contributed by atoms with van der Waals surface area (Å²) < 4.78 is 0. The maximum absolute atomic E-state index is 10.4. The third kappa shape index (κ3) is 1.91. The van der Waals surface area contributed by atoms with E-state index >= 15 is 0 Å². The van der Waals surface area contributed by atoms with Crippen LogP contribution in [-0.4, -0.2) is 46.3 Å². The lowest BCUT2D eigenvalue weighted by Crippen LogP contribution is -2.51. The largest absolute Gasteiger partial charge is 0.479 e. The van der Waals surface area contributed by atoms with Crippen LogP contribution in [0.4, 0.5) is 0 Å². The van der Waals surface area contributed by atoms with Crippen LogP contribution in [0, 0.1) is 0 Å².